The van der Waals surface area contributed by atoms with Crippen LogP contribution in [0.5, 0.6) is 0 Å². The molecule has 0 spiro atoms. The van der Waals surface area contributed by atoms with Crippen LogP contribution in [0.4, 0.5) is 0 Å². The quantitative estimate of drug-likeness (QED) is 0.834. The van der Waals surface area contributed by atoms with Gasteiger partial charge < -0.3 is 9.84 Å². The lowest BCUT2D eigenvalue weighted by Gasteiger charge is -2.39. The number of benzene rings is 1. The van der Waals surface area contributed by atoms with Gasteiger partial charge in [0.05, 0.1) is 12.2 Å². The lowest BCUT2D eigenvalue weighted by atomic mass is 9.70. The van der Waals surface area contributed by atoms with Gasteiger partial charge in [-0.2, -0.15) is 0 Å². The molecular weight excluding hydrogens is 322 g/mol. The number of rotatable bonds is 6. The summed E-state index contributed by atoms with van der Waals surface area (Å²) in [5, 5.41) is 10.5. The summed E-state index contributed by atoms with van der Waals surface area (Å²) in [6.07, 6.45) is 5.80. The van der Waals surface area contributed by atoms with Gasteiger partial charge in [-0.3, -0.25) is 4.90 Å². The minimum absolute atomic E-state index is 0.292. The number of nitrogens with zero attached hydrogens (tertiary/aromatic N) is 1. The van der Waals surface area contributed by atoms with Crippen LogP contribution in [0.15, 0.2) is 24.3 Å². The molecule has 4 atom stereocenters. The highest BCUT2D eigenvalue weighted by molar-refractivity contribution is 5.29. The summed E-state index contributed by atoms with van der Waals surface area (Å²) in [5.74, 6) is 0.816. The highest BCUT2D eigenvalue weighted by atomic mass is 16.5. The molecule has 4 unspecified atom stereocenters. The molecule has 3 aliphatic rings. The van der Waals surface area contributed by atoms with Crippen molar-refractivity contribution in [2.24, 2.45) is 16.7 Å². The van der Waals surface area contributed by atoms with Gasteiger partial charge in [0.1, 0.15) is 0 Å². The topological polar surface area (TPSA) is 32.7 Å². The fraction of sp³-hybridized carbons (Fsp3) is 0.739. The molecule has 3 nitrogen and oxygen atoms in total. The maximum absolute atomic E-state index is 10.5. The van der Waals surface area contributed by atoms with Crippen LogP contribution in [-0.2, 0) is 17.7 Å². The molecule has 26 heavy (non-hydrogen) atoms. The van der Waals surface area contributed by atoms with E-state index in [9.17, 15) is 5.11 Å². The Morgan fingerprint density at radius 2 is 2.00 bits per heavy atom. The predicted octanol–water partition coefficient (Wildman–Crippen LogP) is 4.03. The Labute approximate surface area is 158 Å². The molecule has 2 aliphatic carbocycles. The Hall–Kier alpha value is -0.900. The lowest BCUT2D eigenvalue weighted by Crippen LogP contribution is -2.39. The third kappa shape index (κ3) is 3.12. The Morgan fingerprint density at radius 1 is 1.23 bits per heavy atom. The van der Waals surface area contributed by atoms with E-state index in [1.165, 1.54) is 30.4 Å². The standard InChI is InChI=1S/C23H35NO2/c1-22(2)19-8-11-23(22,3)21(14-19)26-13-10-20(25)16-24-12-9-17-6-4-5-7-18(17)15-24/h4-7,19-21,25H,8-16H2,1-3H3. The van der Waals surface area contributed by atoms with Crippen LogP contribution in [0.25, 0.3) is 0 Å². The van der Waals surface area contributed by atoms with E-state index in [0.717, 1.165) is 38.4 Å². The number of aliphatic hydroxyl groups is 1. The van der Waals surface area contributed by atoms with Crippen LogP contribution in [0.2, 0.25) is 0 Å². The SMILES string of the molecule is CC1(C)C2CCC1(C)C(OCCC(O)CN1CCc3ccccc3C1)C2. The van der Waals surface area contributed by atoms with Gasteiger partial charge in [0.2, 0.25) is 0 Å². The third-order valence-electron chi connectivity index (χ3n) is 8.16. The monoisotopic (exact) mass is 357 g/mol. The normalized spacial score (nSPS) is 34.0. The van der Waals surface area contributed by atoms with Gasteiger partial charge in [0.15, 0.2) is 0 Å². The number of hydrogen-bond acceptors (Lipinski definition) is 3. The molecule has 1 N–H and O–H groups in total. The molecule has 1 aliphatic heterocycles. The van der Waals surface area contributed by atoms with Crippen LogP contribution in [-0.4, -0.2) is 41.9 Å². The lowest BCUT2D eigenvalue weighted by molar-refractivity contribution is -0.0566. The highest BCUT2D eigenvalue weighted by Crippen LogP contribution is 2.66. The molecular formula is C23H35NO2. The largest absolute Gasteiger partial charge is 0.392 e. The van der Waals surface area contributed by atoms with Crippen LogP contribution in [0, 0.1) is 16.7 Å². The molecule has 2 saturated carbocycles. The first-order valence-electron chi connectivity index (χ1n) is 10.5. The number of fused-ring (bicyclic) bond motifs is 3. The number of β-amino-alcohol motifs (C(OH)–C–C–N with tert-alkyl or cyclic N) is 1. The first-order chi connectivity index (χ1) is 12.4. The van der Waals surface area contributed by atoms with Crippen molar-refractivity contribution in [3.8, 4) is 0 Å². The number of ether oxygens (including phenoxy) is 1. The molecule has 4 rings (SSSR count). The van der Waals surface area contributed by atoms with Gasteiger partial charge in [-0.1, -0.05) is 45.0 Å². The van der Waals surface area contributed by atoms with E-state index in [4.69, 9.17) is 4.74 Å². The van der Waals surface area contributed by atoms with Crippen molar-refractivity contribution in [1.82, 2.24) is 4.90 Å². The van der Waals surface area contributed by atoms with E-state index in [2.05, 4.69) is 49.9 Å². The van der Waals surface area contributed by atoms with Crippen molar-refractivity contribution >= 4 is 0 Å². The molecule has 144 valence electrons. The second kappa shape index (κ2) is 6.92. The van der Waals surface area contributed by atoms with Crippen LogP contribution < -0.4 is 0 Å². The van der Waals surface area contributed by atoms with Gasteiger partial charge >= 0.3 is 0 Å². The Balaban J connectivity index is 1.23. The molecule has 1 aromatic rings. The average molecular weight is 358 g/mol. The summed E-state index contributed by atoms with van der Waals surface area (Å²) in [4.78, 5) is 2.38. The van der Waals surface area contributed by atoms with Crippen LogP contribution in [0.3, 0.4) is 0 Å². The number of hydrogen-bond donors (Lipinski definition) is 1. The summed E-state index contributed by atoms with van der Waals surface area (Å²) in [7, 11) is 0. The molecule has 0 saturated heterocycles. The first kappa shape index (κ1) is 18.5. The minimum Gasteiger partial charge on any atom is -0.392 e. The summed E-state index contributed by atoms with van der Waals surface area (Å²) in [6, 6.07) is 8.69. The maximum Gasteiger partial charge on any atom is 0.0689 e. The van der Waals surface area contributed by atoms with Gasteiger partial charge in [0.25, 0.3) is 0 Å². The molecule has 0 aromatic heterocycles. The average Bonchev–Trinajstić information content (AvgIpc) is 2.95. The zero-order chi connectivity index (χ0) is 18.4. The van der Waals surface area contributed by atoms with Crippen molar-refractivity contribution in [2.45, 2.75) is 71.6 Å². The maximum atomic E-state index is 10.5. The van der Waals surface area contributed by atoms with Crippen molar-refractivity contribution < 1.29 is 9.84 Å². The van der Waals surface area contributed by atoms with E-state index in [-0.39, 0.29) is 6.10 Å². The zero-order valence-corrected chi connectivity index (χ0v) is 16.7. The first-order valence-corrected chi connectivity index (χ1v) is 10.5. The summed E-state index contributed by atoms with van der Waals surface area (Å²) < 4.78 is 6.31. The fourth-order valence-corrected chi connectivity index (χ4v) is 5.83. The second-order valence-corrected chi connectivity index (χ2v) is 9.67. The van der Waals surface area contributed by atoms with Crippen LogP contribution >= 0.6 is 0 Å². The Bertz CT molecular complexity index is 643. The molecule has 2 fully saturated rings. The van der Waals surface area contributed by atoms with Crippen molar-refractivity contribution in [1.29, 1.82) is 0 Å². The highest BCUT2D eigenvalue weighted by Gasteiger charge is 2.61. The zero-order valence-electron chi connectivity index (χ0n) is 16.7. The van der Waals surface area contributed by atoms with Crippen LogP contribution in [0.1, 0.15) is 57.6 Å². The molecule has 3 heteroatoms. The molecule has 0 amide bonds. The van der Waals surface area contributed by atoms with E-state index >= 15 is 0 Å². The Morgan fingerprint density at radius 3 is 2.69 bits per heavy atom. The summed E-state index contributed by atoms with van der Waals surface area (Å²) in [6.45, 7) is 10.7. The van der Waals surface area contributed by atoms with E-state index in [0.29, 0.717) is 23.5 Å². The predicted molar refractivity (Wildman–Crippen MR) is 105 cm³/mol. The fourth-order valence-electron chi connectivity index (χ4n) is 5.83. The Kier molecular flexibility index (Phi) is 4.92. The smallest absolute Gasteiger partial charge is 0.0689 e. The van der Waals surface area contributed by atoms with E-state index < -0.39 is 0 Å². The summed E-state index contributed by atoms with van der Waals surface area (Å²) in [5.41, 5.74) is 3.60. The second-order valence-electron chi connectivity index (χ2n) is 9.67. The van der Waals surface area contributed by atoms with Crippen molar-refractivity contribution in [2.75, 3.05) is 19.7 Å². The minimum atomic E-state index is -0.292. The molecule has 1 heterocycles. The van der Waals surface area contributed by atoms with Crippen molar-refractivity contribution in [3.63, 3.8) is 0 Å². The molecule has 1 aromatic carbocycles. The van der Waals surface area contributed by atoms with Crippen molar-refractivity contribution in [3.05, 3.63) is 35.4 Å². The van der Waals surface area contributed by atoms with Gasteiger partial charge in [0, 0.05) is 26.2 Å². The van der Waals surface area contributed by atoms with Gasteiger partial charge in [-0.15, -0.1) is 0 Å². The number of aliphatic hydroxyl groups excluding tert-OH is 1. The van der Waals surface area contributed by atoms with Gasteiger partial charge in [-0.05, 0) is 60.0 Å². The molecule has 0 radical (unpaired) electrons. The van der Waals surface area contributed by atoms with E-state index in [1.807, 2.05) is 0 Å². The summed E-state index contributed by atoms with van der Waals surface area (Å²) >= 11 is 0. The molecule has 2 bridgehead atoms. The third-order valence-corrected chi connectivity index (χ3v) is 8.16. The van der Waals surface area contributed by atoms with Gasteiger partial charge in [-0.25, -0.2) is 0 Å². The van der Waals surface area contributed by atoms with E-state index in [1.54, 1.807) is 0 Å².